The molecule has 0 bridgehead atoms. The molecule has 0 saturated carbocycles. The standard InChI is InChI=1S/C11H17N5OS.2ClH/c1-3-8-5-13-11(18-8)7-16(2)6-9-14-10(4-12)17-15-9;;/h5H,3-4,6-7,12H2,1-2H3;2*1H. The minimum Gasteiger partial charge on any atom is -0.338 e. The molecule has 6 nitrogen and oxygen atoms in total. The van der Waals surface area contributed by atoms with Gasteiger partial charge in [-0.25, -0.2) is 4.98 Å². The van der Waals surface area contributed by atoms with Crippen molar-refractivity contribution in [3.05, 3.63) is 27.8 Å². The van der Waals surface area contributed by atoms with Gasteiger partial charge in [-0.15, -0.1) is 36.2 Å². The lowest BCUT2D eigenvalue weighted by Crippen LogP contribution is -2.18. The Morgan fingerprint density at radius 1 is 1.35 bits per heavy atom. The number of halogens is 2. The summed E-state index contributed by atoms with van der Waals surface area (Å²) >= 11 is 1.74. The van der Waals surface area contributed by atoms with Crippen LogP contribution >= 0.6 is 36.2 Å². The zero-order chi connectivity index (χ0) is 13.0. The van der Waals surface area contributed by atoms with E-state index in [0.29, 0.717) is 18.3 Å². The maximum absolute atomic E-state index is 5.42. The predicted octanol–water partition coefficient (Wildman–Crippen LogP) is 2.02. The Morgan fingerprint density at radius 3 is 2.65 bits per heavy atom. The van der Waals surface area contributed by atoms with Crippen LogP contribution < -0.4 is 5.73 Å². The summed E-state index contributed by atoms with van der Waals surface area (Å²) < 4.78 is 4.96. The van der Waals surface area contributed by atoms with Crippen LogP contribution in [0.3, 0.4) is 0 Å². The Morgan fingerprint density at radius 2 is 2.10 bits per heavy atom. The molecule has 2 aromatic rings. The zero-order valence-corrected chi connectivity index (χ0v) is 13.9. The van der Waals surface area contributed by atoms with Gasteiger partial charge in [-0.3, -0.25) is 4.90 Å². The number of nitrogens with zero attached hydrogens (tertiary/aromatic N) is 4. The van der Waals surface area contributed by atoms with E-state index in [1.54, 1.807) is 11.3 Å². The van der Waals surface area contributed by atoms with Gasteiger partial charge in [-0.2, -0.15) is 4.98 Å². The summed E-state index contributed by atoms with van der Waals surface area (Å²) in [6, 6.07) is 0. The number of aryl methyl sites for hydroxylation is 1. The van der Waals surface area contributed by atoms with Gasteiger partial charge in [0.25, 0.3) is 0 Å². The molecule has 0 amide bonds. The smallest absolute Gasteiger partial charge is 0.240 e. The summed E-state index contributed by atoms with van der Waals surface area (Å²) in [7, 11) is 2.01. The number of hydrogen-bond acceptors (Lipinski definition) is 7. The minimum atomic E-state index is 0. The highest BCUT2D eigenvalue weighted by atomic mass is 35.5. The van der Waals surface area contributed by atoms with Gasteiger partial charge in [-0.1, -0.05) is 12.1 Å². The number of aromatic nitrogens is 3. The number of rotatable bonds is 6. The molecule has 0 saturated heterocycles. The lowest BCUT2D eigenvalue weighted by atomic mass is 10.4. The van der Waals surface area contributed by atoms with Gasteiger partial charge in [0.2, 0.25) is 5.89 Å². The van der Waals surface area contributed by atoms with Crippen molar-refractivity contribution in [3.8, 4) is 0 Å². The van der Waals surface area contributed by atoms with Crippen molar-refractivity contribution in [3.63, 3.8) is 0 Å². The molecule has 2 rings (SSSR count). The Kier molecular flexibility index (Phi) is 8.91. The summed E-state index contributed by atoms with van der Waals surface area (Å²) in [6.07, 6.45) is 2.97. The first-order valence-corrected chi connectivity index (χ1v) is 6.66. The third-order valence-corrected chi connectivity index (χ3v) is 3.58. The quantitative estimate of drug-likeness (QED) is 0.866. The minimum absolute atomic E-state index is 0. The van der Waals surface area contributed by atoms with Gasteiger partial charge in [0.15, 0.2) is 5.82 Å². The fourth-order valence-electron chi connectivity index (χ4n) is 1.55. The topological polar surface area (TPSA) is 81.1 Å². The number of nitrogens with two attached hydrogens (primary N) is 1. The van der Waals surface area contributed by atoms with E-state index in [-0.39, 0.29) is 31.4 Å². The van der Waals surface area contributed by atoms with Gasteiger partial charge >= 0.3 is 0 Å². The molecule has 2 aromatic heterocycles. The third kappa shape index (κ3) is 5.34. The second-order valence-corrected chi connectivity index (χ2v) is 5.25. The van der Waals surface area contributed by atoms with Gasteiger partial charge in [0.05, 0.1) is 19.6 Å². The molecule has 0 unspecified atom stereocenters. The molecular formula is C11H19Cl2N5OS. The van der Waals surface area contributed by atoms with Crippen LogP contribution in [-0.2, 0) is 26.1 Å². The predicted molar refractivity (Wildman–Crippen MR) is 83.3 cm³/mol. The third-order valence-electron chi connectivity index (χ3n) is 2.45. The lowest BCUT2D eigenvalue weighted by Gasteiger charge is -2.11. The molecule has 0 aliphatic rings. The monoisotopic (exact) mass is 339 g/mol. The van der Waals surface area contributed by atoms with E-state index in [9.17, 15) is 0 Å². The van der Waals surface area contributed by atoms with Crippen LogP contribution in [0, 0.1) is 0 Å². The highest BCUT2D eigenvalue weighted by molar-refractivity contribution is 7.11. The van der Waals surface area contributed by atoms with Gasteiger partial charge in [0.1, 0.15) is 5.01 Å². The van der Waals surface area contributed by atoms with E-state index in [1.165, 1.54) is 4.88 Å². The lowest BCUT2D eigenvalue weighted by molar-refractivity contribution is 0.299. The molecule has 0 fully saturated rings. The molecule has 0 radical (unpaired) electrons. The first kappa shape index (κ1) is 19.3. The van der Waals surface area contributed by atoms with Crippen molar-refractivity contribution in [2.24, 2.45) is 5.73 Å². The van der Waals surface area contributed by atoms with Crippen molar-refractivity contribution >= 4 is 36.2 Å². The van der Waals surface area contributed by atoms with Crippen LogP contribution in [-0.4, -0.2) is 27.1 Å². The first-order valence-electron chi connectivity index (χ1n) is 5.85. The fourth-order valence-corrected chi connectivity index (χ4v) is 2.49. The summed E-state index contributed by atoms with van der Waals surface area (Å²) in [5.41, 5.74) is 5.42. The molecule has 0 aliphatic heterocycles. The van der Waals surface area contributed by atoms with Crippen LogP contribution in [0.5, 0.6) is 0 Å². The Labute approximate surface area is 134 Å². The summed E-state index contributed by atoms with van der Waals surface area (Å²) in [5.74, 6) is 1.13. The van der Waals surface area contributed by atoms with Crippen LogP contribution in [0.15, 0.2) is 10.7 Å². The summed E-state index contributed by atoms with van der Waals surface area (Å²) in [4.78, 5) is 12.0. The average molecular weight is 340 g/mol. The van der Waals surface area contributed by atoms with Gasteiger partial charge in [0, 0.05) is 11.1 Å². The van der Waals surface area contributed by atoms with Crippen molar-refractivity contribution in [1.29, 1.82) is 0 Å². The Hall–Kier alpha value is -0.730. The molecule has 2 heterocycles. The van der Waals surface area contributed by atoms with Crippen molar-refractivity contribution in [2.75, 3.05) is 7.05 Å². The highest BCUT2D eigenvalue weighted by Gasteiger charge is 2.10. The molecule has 2 N–H and O–H groups in total. The molecule has 0 spiro atoms. The maximum atomic E-state index is 5.42. The Bertz CT molecular complexity index is 460. The van der Waals surface area contributed by atoms with E-state index < -0.39 is 0 Å². The van der Waals surface area contributed by atoms with Gasteiger partial charge in [-0.05, 0) is 13.5 Å². The fraction of sp³-hybridized carbons (Fsp3) is 0.545. The highest BCUT2D eigenvalue weighted by Crippen LogP contribution is 2.15. The normalized spacial score (nSPS) is 10.2. The van der Waals surface area contributed by atoms with Crippen LogP contribution in [0.4, 0.5) is 0 Å². The zero-order valence-electron chi connectivity index (χ0n) is 11.4. The van der Waals surface area contributed by atoms with Crippen LogP contribution in [0.2, 0.25) is 0 Å². The van der Waals surface area contributed by atoms with Crippen molar-refractivity contribution < 1.29 is 4.52 Å². The molecule has 0 aliphatic carbocycles. The molecule has 20 heavy (non-hydrogen) atoms. The second-order valence-electron chi connectivity index (χ2n) is 4.05. The maximum Gasteiger partial charge on any atom is 0.240 e. The Balaban J connectivity index is 0.00000180. The van der Waals surface area contributed by atoms with Crippen LogP contribution in [0.25, 0.3) is 0 Å². The average Bonchev–Trinajstić information content (AvgIpc) is 2.98. The second kappa shape index (κ2) is 9.25. The van der Waals surface area contributed by atoms with E-state index in [0.717, 1.165) is 18.0 Å². The summed E-state index contributed by atoms with van der Waals surface area (Å²) in [5, 5.41) is 4.97. The molecule has 114 valence electrons. The van der Waals surface area contributed by atoms with E-state index in [2.05, 4.69) is 26.9 Å². The van der Waals surface area contributed by atoms with E-state index >= 15 is 0 Å². The summed E-state index contributed by atoms with van der Waals surface area (Å²) in [6.45, 7) is 3.83. The molecule has 0 aromatic carbocycles. The van der Waals surface area contributed by atoms with E-state index in [1.807, 2.05) is 13.2 Å². The molecule has 0 atom stereocenters. The molecular weight excluding hydrogens is 321 g/mol. The molecule has 9 heteroatoms. The SMILES string of the molecule is CCc1cnc(CN(C)Cc2noc(CN)n2)s1.Cl.Cl. The van der Waals surface area contributed by atoms with Crippen LogP contribution in [0.1, 0.15) is 28.5 Å². The van der Waals surface area contributed by atoms with Crippen molar-refractivity contribution in [2.45, 2.75) is 33.0 Å². The van der Waals surface area contributed by atoms with Crippen molar-refractivity contribution in [1.82, 2.24) is 20.0 Å². The first-order chi connectivity index (χ1) is 8.71. The number of hydrogen-bond donors (Lipinski definition) is 1. The number of thiazole rings is 1. The van der Waals surface area contributed by atoms with E-state index in [4.69, 9.17) is 10.3 Å². The largest absolute Gasteiger partial charge is 0.338 e. The van der Waals surface area contributed by atoms with Gasteiger partial charge < -0.3 is 10.3 Å².